The number of fused-ring (bicyclic) bond motifs is 2. The van der Waals surface area contributed by atoms with Crippen molar-refractivity contribution in [2.45, 2.75) is 26.3 Å². The first-order chi connectivity index (χ1) is 13.4. The Bertz CT molecular complexity index is 1130. The standard InChI is InChI=1S/C20H21N5O3/c1-11(19(27)22-15-3-5-16-17(10-15)24-20(28)23-16)21-14-4-6-18-13(9-14)7-8-25(18)12(2)26/h3-6,9-11,21H,7-8H2,1-2H3,(H,22,27)(H2,23,24,28)/t11-/m0/s1. The fourth-order valence-corrected chi connectivity index (χ4v) is 3.49. The minimum atomic E-state index is -0.468. The predicted molar refractivity (Wildman–Crippen MR) is 109 cm³/mol. The van der Waals surface area contributed by atoms with Crippen molar-refractivity contribution in [1.29, 1.82) is 0 Å². The van der Waals surface area contributed by atoms with Crippen molar-refractivity contribution >= 4 is 39.9 Å². The van der Waals surface area contributed by atoms with Gasteiger partial charge in [-0.05, 0) is 55.3 Å². The maximum Gasteiger partial charge on any atom is 0.323 e. The molecule has 3 aromatic rings. The SMILES string of the molecule is CC(=O)N1CCc2cc(N[C@@H](C)C(=O)Nc3ccc4[nH]c(=O)[nH]c4c3)ccc21. The van der Waals surface area contributed by atoms with Crippen LogP contribution in [-0.2, 0) is 16.0 Å². The van der Waals surface area contributed by atoms with E-state index >= 15 is 0 Å². The quantitative estimate of drug-likeness (QED) is 0.557. The van der Waals surface area contributed by atoms with Crippen LogP contribution in [0.3, 0.4) is 0 Å². The van der Waals surface area contributed by atoms with Gasteiger partial charge in [-0.1, -0.05) is 0 Å². The van der Waals surface area contributed by atoms with E-state index in [1.807, 2.05) is 18.2 Å². The van der Waals surface area contributed by atoms with Gasteiger partial charge in [-0.15, -0.1) is 0 Å². The van der Waals surface area contributed by atoms with Crippen LogP contribution in [0.15, 0.2) is 41.2 Å². The van der Waals surface area contributed by atoms with Gasteiger partial charge in [-0.2, -0.15) is 0 Å². The Kier molecular flexibility index (Phi) is 4.38. The molecule has 0 saturated carbocycles. The molecule has 0 aliphatic carbocycles. The molecule has 4 rings (SSSR count). The van der Waals surface area contributed by atoms with Crippen molar-refractivity contribution in [2.75, 3.05) is 22.1 Å². The summed E-state index contributed by atoms with van der Waals surface area (Å²) < 4.78 is 0. The highest BCUT2D eigenvalue weighted by Crippen LogP contribution is 2.30. The number of hydrogen-bond donors (Lipinski definition) is 4. The molecular formula is C20H21N5O3. The molecule has 0 bridgehead atoms. The Balaban J connectivity index is 1.44. The van der Waals surface area contributed by atoms with Gasteiger partial charge in [0, 0.05) is 30.5 Å². The summed E-state index contributed by atoms with van der Waals surface area (Å²) in [6.07, 6.45) is 0.805. The number of benzene rings is 2. The molecule has 28 heavy (non-hydrogen) atoms. The van der Waals surface area contributed by atoms with Crippen LogP contribution in [0.5, 0.6) is 0 Å². The third kappa shape index (κ3) is 3.36. The Hall–Kier alpha value is -3.55. The lowest BCUT2D eigenvalue weighted by atomic mass is 10.1. The van der Waals surface area contributed by atoms with Gasteiger partial charge in [0.1, 0.15) is 6.04 Å². The number of imidazole rings is 1. The van der Waals surface area contributed by atoms with Gasteiger partial charge < -0.3 is 25.5 Å². The Morgan fingerprint density at radius 1 is 1.07 bits per heavy atom. The normalized spacial score (nSPS) is 14.0. The van der Waals surface area contributed by atoms with Crippen molar-refractivity contribution < 1.29 is 9.59 Å². The van der Waals surface area contributed by atoms with Crippen LogP contribution in [0.2, 0.25) is 0 Å². The molecule has 0 radical (unpaired) electrons. The van der Waals surface area contributed by atoms with Gasteiger partial charge in [0.15, 0.2) is 0 Å². The summed E-state index contributed by atoms with van der Waals surface area (Å²) in [7, 11) is 0. The number of amides is 2. The third-order valence-electron chi connectivity index (χ3n) is 4.92. The number of carbonyl (C=O) groups is 2. The molecule has 0 spiro atoms. The van der Waals surface area contributed by atoms with Gasteiger partial charge in [0.2, 0.25) is 11.8 Å². The Labute approximate surface area is 160 Å². The minimum Gasteiger partial charge on any atom is -0.374 e. The molecule has 144 valence electrons. The van der Waals surface area contributed by atoms with Crippen LogP contribution in [-0.4, -0.2) is 34.4 Å². The summed E-state index contributed by atoms with van der Waals surface area (Å²) in [5, 5.41) is 6.04. The molecule has 8 heteroatoms. The maximum absolute atomic E-state index is 12.5. The van der Waals surface area contributed by atoms with E-state index < -0.39 is 6.04 Å². The van der Waals surface area contributed by atoms with Crippen LogP contribution in [0, 0.1) is 0 Å². The first-order valence-electron chi connectivity index (χ1n) is 9.11. The van der Waals surface area contributed by atoms with E-state index in [1.165, 1.54) is 0 Å². The molecule has 4 N–H and O–H groups in total. The zero-order valence-corrected chi connectivity index (χ0v) is 15.6. The maximum atomic E-state index is 12.5. The lowest BCUT2D eigenvalue weighted by Gasteiger charge is -2.18. The molecule has 2 aromatic carbocycles. The van der Waals surface area contributed by atoms with Gasteiger partial charge in [0.05, 0.1) is 11.0 Å². The molecule has 1 aromatic heterocycles. The summed E-state index contributed by atoms with van der Waals surface area (Å²) in [5.41, 5.74) is 4.50. The lowest BCUT2D eigenvalue weighted by molar-refractivity contribution is -0.117. The summed E-state index contributed by atoms with van der Waals surface area (Å²) in [4.78, 5) is 42.6. The second kappa shape index (κ2) is 6.88. The molecule has 0 saturated heterocycles. The molecular weight excluding hydrogens is 358 g/mol. The van der Waals surface area contributed by atoms with Gasteiger partial charge in [-0.3, -0.25) is 9.59 Å². The number of carbonyl (C=O) groups excluding carboxylic acids is 2. The van der Waals surface area contributed by atoms with Crippen molar-refractivity contribution in [2.24, 2.45) is 0 Å². The highest BCUT2D eigenvalue weighted by atomic mass is 16.2. The number of rotatable bonds is 4. The number of nitrogens with one attached hydrogen (secondary N) is 4. The number of aromatic amines is 2. The molecule has 0 fully saturated rings. The average molecular weight is 379 g/mol. The molecule has 2 amide bonds. The van der Waals surface area contributed by atoms with Crippen LogP contribution < -0.4 is 21.2 Å². The molecule has 1 atom stereocenters. The Morgan fingerprint density at radius 2 is 1.82 bits per heavy atom. The molecule has 1 aliphatic heterocycles. The predicted octanol–water partition coefficient (Wildman–Crippen LogP) is 2.20. The molecule has 1 aliphatic rings. The first-order valence-corrected chi connectivity index (χ1v) is 9.11. The van der Waals surface area contributed by atoms with E-state index in [2.05, 4.69) is 20.6 Å². The lowest BCUT2D eigenvalue weighted by Crippen LogP contribution is -2.31. The summed E-state index contributed by atoms with van der Waals surface area (Å²) in [6.45, 7) is 4.03. The van der Waals surface area contributed by atoms with E-state index in [-0.39, 0.29) is 17.5 Å². The number of aromatic nitrogens is 2. The zero-order chi connectivity index (χ0) is 19.8. The number of H-pyrrole nitrogens is 2. The monoisotopic (exact) mass is 379 g/mol. The van der Waals surface area contributed by atoms with E-state index in [0.29, 0.717) is 23.3 Å². The topological polar surface area (TPSA) is 110 Å². The van der Waals surface area contributed by atoms with Gasteiger partial charge in [0.25, 0.3) is 0 Å². The molecule has 8 nitrogen and oxygen atoms in total. The highest BCUT2D eigenvalue weighted by molar-refractivity contribution is 5.98. The van der Waals surface area contributed by atoms with Crippen LogP contribution in [0.4, 0.5) is 17.1 Å². The molecule has 2 heterocycles. The van der Waals surface area contributed by atoms with E-state index in [4.69, 9.17) is 0 Å². The average Bonchev–Trinajstić information content (AvgIpc) is 3.23. The third-order valence-corrected chi connectivity index (χ3v) is 4.92. The van der Waals surface area contributed by atoms with E-state index in [1.54, 1.807) is 36.9 Å². The summed E-state index contributed by atoms with van der Waals surface area (Å²) >= 11 is 0. The number of anilines is 3. The molecule has 0 unspecified atom stereocenters. The van der Waals surface area contributed by atoms with Crippen molar-refractivity contribution in [3.8, 4) is 0 Å². The number of hydrogen-bond acceptors (Lipinski definition) is 4. The van der Waals surface area contributed by atoms with Gasteiger partial charge in [-0.25, -0.2) is 4.79 Å². The van der Waals surface area contributed by atoms with Crippen molar-refractivity contribution in [3.63, 3.8) is 0 Å². The van der Waals surface area contributed by atoms with Crippen LogP contribution >= 0.6 is 0 Å². The van der Waals surface area contributed by atoms with Gasteiger partial charge >= 0.3 is 5.69 Å². The first kappa shape index (κ1) is 17.8. The fraction of sp³-hybridized carbons (Fsp3) is 0.250. The second-order valence-corrected chi connectivity index (χ2v) is 6.96. The van der Waals surface area contributed by atoms with Crippen LogP contribution in [0.25, 0.3) is 11.0 Å². The fourth-order valence-electron chi connectivity index (χ4n) is 3.49. The van der Waals surface area contributed by atoms with E-state index in [0.717, 1.165) is 23.4 Å². The van der Waals surface area contributed by atoms with Crippen LogP contribution in [0.1, 0.15) is 19.4 Å². The Morgan fingerprint density at radius 3 is 2.61 bits per heavy atom. The summed E-state index contributed by atoms with van der Waals surface area (Å²) in [5.74, 6) is -0.156. The number of nitrogens with zero attached hydrogens (tertiary/aromatic N) is 1. The van der Waals surface area contributed by atoms with E-state index in [9.17, 15) is 14.4 Å². The summed E-state index contributed by atoms with van der Waals surface area (Å²) in [6, 6.07) is 10.5. The largest absolute Gasteiger partial charge is 0.374 e. The highest BCUT2D eigenvalue weighted by Gasteiger charge is 2.22. The zero-order valence-electron chi connectivity index (χ0n) is 15.6. The minimum absolute atomic E-state index is 0.0351. The smallest absolute Gasteiger partial charge is 0.323 e. The second-order valence-electron chi connectivity index (χ2n) is 6.96. The van der Waals surface area contributed by atoms with Crippen molar-refractivity contribution in [3.05, 3.63) is 52.4 Å². The van der Waals surface area contributed by atoms with Crippen molar-refractivity contribution in [1.82, 2.24) is 9.97 Å².